The lowest BCUT2D eigenvalue weighted by atomic mass is 9.89. The summed E-state index contributed by atoms with van der Waals surface area (Å²) in [6.07, 6.45) is 0. The van der Waals surface area contributed by atoms with Gasteiger partial charge in [0.05, 0.1) is 22.9 Å². The van der Waals surface area contributed by atoms with Crippen LogP contribution in [-0.4, -0.2) is 27.4 Å². The molecule has 5 nitrogen and oxygen atoms in total. The van der Waals surface area contributed by atoms with Crippen molar-refractivity contribution in [3.05, 3.63) is 111 Å². The highest BCUT2D eigenvalue weighted by atomic mass is 35.5. The van der Waals surface area contributed by atoms with Crippen molar-refractivity contribution in [1.82, 2.24) is 14.5 Å². The molecule has 0 aliphatic heterocycles. The molecule has 0 saturated carbocycles. The number of hydrogen-bond acceptors (Lipinski definition) is 3. The second-order valence-electron chi connectivity index (χ2n) is 7.88. The number of aromatic nitrogens is 2. The molecular weight excluding hydrogens is 422 g/mol. The summed E-state index contributed by atoms with van der Waals surface area (Å²) in [5.74, 6) is -0.0346. The van der Waals surface area contributed by atoms with Crippen molar-refractivity contribution in [2.75, 3.05) is 7.05 Å². The topological polar surface area (TPSA) is 55.2 Å². The monoisotopic (exact) mass is 445 g/mol. The number of amides is 1. The number of rotatable bonds is 5. The van der Waals surface area contributed by atoms with Crippen LogP contribution < -0.4 is 5.56 Å². The molecule has 1 amide bonds. The molecular formula is C26H24ClN3O2. The van der Waals surface area contributed by atoms with Gasteiger partial charge in [-0.05, 0) is 36.2 Å². The molecule has 0 N–H and O–H groups in total. The van der Waals surface area contributed by atoms with Gasteiger partial charge in [0.1, 0.15) is 5.82 Å². The average molecular weight is 446 g/mol. The Labute approximate surface area is 191 Å². The van der Waals surface area contributed by atoms with Gasteiger partial charge in [0.15, 0.2) is 0 Å². The van der Waals surface area contributed by atoms with Crippen LogP contribution in [0.15, 0.2) is 83.7 Å². The molecule has 32 heavy (non-hydrogen) atoms. The lowest BCUT2D eigenvalue weighted by molar-refractivity contribution is -0.132. The Morgan fingerprint density at radius 3 is 2.09 bits per heavy atom. The largest absolute Gasteiger partial charge is 0.335 e. The summed E-state index contributed by atoms with van der Waals surface area (Å²) in [5.41, 5.74) is 2.17. The van der Waals surface area contributed by atoms with E-state index in [-0.39, 0.29) is 11.5 Å². The number of nitrogens with zero attached hydrogens (tertiary/aromatic N) is 3. The van der Waals surface area contributed by atoms with Gasteiger partial charge in [0.2, 0.25) is 5.91 Å². The minimum absolute atomic E-state index is 0.0738. The molecule has 0 aliphatic carbocycles. The van der Waals surface area contributed by atoms with E-state index >= 15 is 0 Å². The van der Waals surface area contributed by atoms with E-state index in [4.69, 9.17) is 11.6 Å². The fourth-order valence-electron chi connectivity index (χ4n) is 3.97. The van der Waals surface area contributed by atoms with E-state index in [0.717, 1.165) is 11.1 Å². The van der Waals surface area contributed by atoms with Crippen molar-refractivity contribution in [1.29, 1.82) is 0 Å². The molecule has 1 unspecified atom stereocenters. The van der Waals surface area contributed by atoms with E-state index in [1.807, 2.05) is 67.6 Å². The minimum atomic E-state index is -0.461. The maximum atomic E-state index is 13.8. The van der Waals surface area contributed by atoms with Gasteiger partial charge in [-0.2, -0.15) is 0 Å². The number of hydrogen-bond donors (Lipinski definition) is 0. The van der Waals surface area contributed by atoms with Gasteiger partial charge in [-0.25, -0.2) is 4.98 Å². The molecule has 162 valence electrons. The maximum absolute atomic E-state index is 13.8. The van der Waals surface area contributed by atoms with E-state index in [9.17, 15) is 9.59 Å². The summed E-state index contributed by atoms with van der Waals surface area (Å²) in [7, 11) is 3.43. The molecule has 4 rings (SSSR count). The molecule has 3 aromatic carbocycles. The Morgan fingerprint density at radius 1 is 0.969 bits per heavy atom. The molecule has 0 bridgehead atoms. The Balaban J connectivity index is 1.76. The second-order valence-corrected chi connectivity index (χ2v) is 8.31. The van der Waals surface area contributed by atoms with Crippen LogP contribution >= 0.6 is 11.6 Å². The van der Waals surface area contributed by atoms with E-state index in [1.165, 1.54) is 4.57 Å². The smallest absolute Gasteiger partial charge is 0.261 e. The Hall–Kier alpha value is -3.44. The van der Waals surface area contributed by atoms with Gasteiger partial charge in [-0.3, -0.25) is 14.2 Å². The van der Waals surface area contributed by atoms with E-state index in [1.54, 1.807) is 37.2 Å². The summed E-state index contributed by atoms with van der Waals surface area (Å²) in [4.78, 5) is 33.0. The second kappa shape index (κ2) is 8.97. The van der Waals surface area contributed by atoms with Crippen LogP contribution in [-0.2, 0) is 11.8 Å². The lowest BCUT2D eigenvalue weighted by Crippen LogP contribution is -2.37. The van der Waals surface area contributed by atoms with Gasteiger partial charge in [-0.15, -0.1) is 0 Å². The molecule has 0 aliphatic rings. The van der Waals surface area contributed by atoms with E-state index < -0.39 is 12.0 Å². The van der Waals surface area contributed by atoms with Crippen LogP contribution in [0.5, 0.6) is 0 Å². The summed E-state index contributed by atoms with van der Waals surface area (Å²) in [5, 5.41) is 1.00. The predicted molar refractivity (Wildman–Crippen MR) is 128 cm³/mol. The van der Waals surface area contributed by atoms with Crippen molar-refractivity contribution in [3.8, 4) is 0 Å². The van der Waals surface area contributed by atoms with Crippen LogP contribution in [0.1, 0.15) is 35.8 Å². The molecule has 1 aromatic heterocycles. The van der Waals surface area contributed by atoms with Gasteiger partial charge in [-0.1, -0.05) is 72.3 Å². The van der Waals surface area contributed by atoms with Crippen molar-refractivity contribution in [2.24, 2.45) is 7.05 Å². The molecule has 0 fully saturated rings. The first-order valence-corrected chi connectivity index (χ1v) is 10.8. The van der Waals surface area contributed by atoms with Crippen LogP contribution in [0.2, 0.25) is 5.02 Å². The third kappa shape index (κ3) is 4.04. The van der Waals surface area contributed by atoms with E-state index in [0.29, 0.717) is 21.7 Å². The van der Waals surface area contributed by atoms with Crippen molar-refractivity contribution in [2.45, 2.75) is 18.9 Å². The first-order chi connectivity index (χ1) is 15.4. The quantitative estimate of drug-likeness (QED) is 0.437. The number of benzene rings is 3. The van der Waals surface area contributed by atoms with Gasteiger partial charge < -0.3 is 4.90 Å². The molecule has 0 spiro atoms. The summed E-state index contributed by atoms with van der Waals surface area (Å²) in [6.45, 7) is 1.88. The third-order valence-electron chi connectivity index (χ3n) is 5.89. The van der Waals surface area contributed by atoms with Crippen molar-refractivity contribution >= 4 is 28.4 Å². The first kappa shape index (κ1) is 21.8. The molecule has 0 radical (unpaired) electrons. The Kier molecular flexibility index (Phi) is 6.10. The zero-order chi connectivity index (χ0) is 22.8. The van der Waals surface area contributed by atoms with Crippen LogP contribution in [0.4, 0.5) is 0 Å². The molecule has 6 heteroatoms. The van der Waals surface area contributed by atoms with Gasteiger partial charge >= 0.3 is 0 Å². The SMILES string of the molecule is CC(c1nc2cc(Cl)ccc2c(=O)n1C)N(C)C(=O)C(c1ccccc1)c1ccccc1. The van der Waals surface area contributed by atoms with Crippen LogP contribution in [0, 0.1) is 0 Å². The number of halogens is 1. The highest BCUT2D eigenvalue weighted by Crippen LogP contribution is 2.30. The molecule has 0 saturated heterocycles. The van der Waals surface area contributed by atoms with Gasteiger partial charge in [0, 0.05) is 19.1 Å². The van der Waals surface area contributed by atoms with Crippen LogP contribution in [0.25, 0.3) is 10.9 Å². The highest BCUT2D eigenvalue weighted by Gasteiger charge is 2.30. The number of carbonyl (C=O) groups excluding carboxylic acids is 1. The highest BCUT2D eigenvalue weighted by molar-refractivity contribution is 6.31. The maximum Gasteiger partial charge on any atom is 0.261 e. The fraction of sp³-hybridized carbons (Fsp3) is 0.192. The fourth-order valence-corrected chi connectivity index (χ4v) is 4.14. The zero-order valence-corrected chi connectivity index (χ0v) is 19.0. The molecule has 1 heterocycles. The summed E-state index contributed by atoms with van der Waals surface area (Å²) >= 11 is 6.12. The average Bonchev–Trinajstić information content (AvgIpc) is 2.82. The number of carbonyl (C=O) groups is 1. The predicted octanol–water partition coefficient (Wildman–Crippen LogP) is 4.94. The van der Waals surface area contributed by atoms with Crippen molar-refractivity contribution in [3.63, 3.8) is 0 Å². The molecule has 4 aromatic rings. The minimum Gasteiger partial charge on any atom is -0.335 e. The number of fused-ring (bicyclic) bond motifs is 1. The normalized spacial score (nSPS) is 12.2. The summed E-state index contributed by atoms with van der Waals surface area (Å²) in [6, 6.07) is 24.0. The standard InChI is InChI=1S/C26H24ClN3O2/c1-17(24-28-22-16-20(27)14-15-21(22)25(31)30(24)3)29(2)26(32)23(18-10-6-4-7-11-18)19-12-8-5-9-13-19/h4-17,23H,1-3H3. The van der Waals surface area contributed by atoms with Crippen LogP contribution in [0.3, 0.4) is 0 Å². The lowest BCUT2D eigenvalue weighted by Gasteiger charge is -2.30. The third-order valence-corrected chi connectivity index (χ3v) is 6.12. The summed E-state index contributed by atoms with van der Waals surface area (Å²) < 4.78 is 1.50. The molecule has 1 atom stereocenters. The zero-order valence-electron chi connectivity index (χ0n) is 18.2. The first-order valence-electron chi connectivity index (χ1n) is 10.4. The van der Waals surface area contributed by atoms with Crippen molar-refractivity contribution < 1.29 is 4.79 Å². The number of likely N-dealkylation sites (N-methyl/N-ethyl adjacent to an activating group) is 1. The van der Waals surface area contributed by atoms with Gasteiger partial charge in [0.25, 0.3) is 5.56 Å². The Morgan fingerprint density at radius 2 is 1.53 bits per heavy atom. The Bertz CT molecular complexity index is 1280. The van der Waals surface area contributed by atoms with E-state index in [2.05, 4.69) is 4.98 Å².